The number of rotatable bonds is 2. The van der Waals surface area contributed by atoms with E-state index in [2.05, 4.69) is 35.4 Å². The normalized spacial score (nSPS) is 37.4. The van der Waals surface area contributed by atoms with Gasteiger partial charge in [0, 0.05) is 11.6 Å². The molecule has 2 aromatic rings. The first-order valence-corrected chi connectivity index (χ1v) is 12.4. The van der Waals surface area contributed by atoms with Crippen molar-refractivity contribution in [2.24, 2.45) is 33.7 Å². The van der Waals surface area contributed by atoms with Crippen LogP contribution in [0, 0.1) is 28.6 Å². The number of nitrogens with one attached hydrogen (secondary N) is 1. The predicted molar refractivity (Wildman–Crippen MR) is 125 cm³/mol. The zero-order chi connectivity index (χ0) is 21.2. The third-order valence-electron chi connectivity index (χ3n) is 9.05. The summed E-state index contributed by atoms with van der Waals surface area (Å²) in [7, 11) is 0. The van der Waals surface area contributed by atoms with Gasteiger partial charge in [0.15, 0.2) is 5.13 Å². The number of hydrogen-bond acceptors (Lipinski definition) is 6. The third kappa shape index (κ3) is 2.76. The van der Waals surface area contributed by atoms with Crippen molar-refractivity contribution in [2.45, 2.75) is 58.8 Å². The van der Waals surface area contributed by atoms with Crippen LogP contribution in [-0.4, -0.2) is 20.9 Å². The van der Waals surface area contributed by atoms with E-state index in [1.54, 1.807) is 16.9 Å². The van der Waals surface area contributed by atoms with E-state index in [-0.39, 0.29) is 10.8 Å². The van der Waals surface area contributed by atoms with Gasteiger partial charge in [-0.25, -0.2) is 9.97 Å². The SMILES string of the molecule is C[C@]12CCc3nc(Nc4ccccn4)sc3C1=CC[C@@H]1[C@@H]2CC[C@]2(C)/C(=N/O)CC[C@@H]12. The van der Waals surface area contributed by atoms with Crippen molar-refractivity contribution >= 4 is 33.6 Å². The van der Waals surface area contributed by atoms with E-state index in [1.807, 2.05) is 24.4 Å². The molecule has 0 bridgehead atoms. The number of anilines is 2. The highest BCUT2D eigenvalue weighted by Gasteiger charge is 2.58. The lowest BCUT2D eigenvalue weighted by molar-refractivity contribution is 0.0110. The minimum absolute atomic E-state index is 0.0989. The van der Waals surface area contributed by atoms with Crippen molar-refractivity contribution < 1.29 is 5.21 Å². The maximum atomic E-state index is 9.58. The van der Waals surface area contributed by atoms with Gasteiger partial charge < -0.3 is 10.5 Å². The van der Waals surface area contributed by atoms with Crippen LogP contribution >= 0.6 is 11.3 Å². The van der Waals surface area contributed by atoms with E-state index in [1.165, 1.54) is 29.8 Å². The summed E-state index contributed by atoms with van der Waals surface area (Å²) in [6, 6.07) is 5.91. The van der Waals surface area contributed by atoms with Crippen LogP contribution in [0.3, 0.4) is 0 Å². The lowest BCUT2D eigenvalue weighted by Gasteiger charge is -2.56. The van der Waals surface area contributed by atoms with Gasteiger partial charge in [0.1, 0.15) is 5.82 Å². The van der Waals surface area contributed by atoms with Gasteiger partial charge in [0.2, 0.25) is 0 Å². The van der Waals surface area contributed by atoms with E-state index < -0.39 is 0 Å². The van der Waals surface area contributed by atoms with Gasteiger partial charge in [-0.15, -0.1) is 0 Å². The third-order valence-corrected chi connectivity index (χ3v) is 10.1. The van der Waals surface area contributed by atoms with Crippen molar-refractivity contribution in [1.82, 2.24) is 9.97 Å². The maximum Gasteiger partial charge on any atom is 0.189 e. The van der Waals surface area contributed by atoms with Crippen LogP contribution < -0.4 is 5.32 Å². The quantitative estimate of drug-likeness (QED) is 0.430. The number of thiazole rings is 1. The van der Waals surface area contributed by atoms with E-state index in [0.717, 1.165) is 42.3 Å². The predicted octanol–water partition coefficient (Wildman–Crippen LogP) is 6.29. The highest BCUT2D eigenvalue weighted by Crippen LogP contribution is 2.65. The minimum Gasteiger partial charge on any atom is -0.411 e. The van der Waals surface area contributed by atoms with E-state index in [9.17, 15) is 5.21 Å². The molecule has 0 aliphatic heterocycles. The van der Waals surface area contributed by atoms with E-state index in [4.69, 9.17) is 4.98 Å². The topological polar surface area (TPSA) is 70.4 Å². The molecule has 0 radical (unpaired) electrons. The summed E-state index contributed by atoms with van der Waals surface area (Å²) in [6.45, 7) is 4.87. The van der Waals surface area contributed by atoms with E-state index >= 15 is 0 Å². The van der Waals surface area contributed by atoms with Crippen LogP contribution in [-0.2, 0) is 6.42 Å². The number of aryl methyl sites for hydroxylation is 1. The molecule has 4 aliphatic carbocycles. The Labute approximate surface area is 187 Å². The summed E-state index contributed by atoms with van der Waals surface area (Å²) < 4.78 is 0. The average molecular weight is 435 g/mol. The summed E-state index contributed by atoms with van der Waals surface area (Å²) >= 11 is 1.79. The number of aromatic nitrogens is 2. The van der Waals surface area contributed by atoms with Crippen molar-refractivity contribution in [3.05, 3.63) is 41.0 Å². The Kier molecular flexibility index (Phi) is 4.33. The Morgan fingerprint density at radius 2 is 2.00 bits per heavy atom. The molecule has 2 saturated carbocycles. The van der Waals surface area contributed by atoms with E-state index in [0.29, 0.717) is 17.8 Å². The second-order valence-corrected chi connectivity index (χ2v) is 11.3. The van der Waals surface area contributed by atoms with Crippen LogP contribution in [0.2, 0.25) is 0 Å². The second kappa shape index (κ2) is 6.89. The fourth-order valence-corrected chi connectivity index (χ4v) is 8.63. The van der Waals surface area contributed by atoms with Gasteiger partial charge in [-0.1, -0.05) is 42.5 Å². The Hall–Kier alpha value is -2.21. The first-order chi connectivity index (χ1) is 15.0. The summed E-state index contributed by atoms with van der Waals surface area (Å²) in [5.74, 6) is 2.91. The summed E-state index contributed by atoms with van der Waals surface area (Å²) in [5, 5.41) is 17.7. The molecule has 5 nitrogen and oxygen atoms in total. The van der Waals surface area contributed by atoms with Crippen molar-refractivity contribution in [1.29, 1.82) is 0 Å². The van der Waals surface area contributed by atoms with Crippen LogP contribution in [0.1, 0.15) is 62.9 Å². The lowest BCUT2D eigenvalue weighted by atomic mass is 9.48. The smallest absolute Gasteiger partial charge is 0.189 e. The standard InChI is InChI=1S/C25H30N4OS/c1-24-13-11-19-22(31-23(27-19)28-21-5-3-4-14-26-21)18(24)7-6-15-16-8-9-20(29-30)25(16,2)12-10-17(15)24/h3-5,7,14-17,30H,6,8-13H2,1-2H3,(H,26,27,28)/b29-20+/t15-,16-,17-,24+,25-/m0/s1. The monoisotopic (exact) mass is 434 g/mol. The van der Waals surface area contributed by atoms with Gasteiger partial charge in [-0.2, -0.15) is 0 Å². The van der Waals surface area contributed by atoms with Gasteiger partial charge in [-0.05, 0) is 85.8 Å². The highest BCUT2D eigenvalue weighted by atomic mass is 32.1. The maximum absolute atomic E-state index is 9.58. The fraction of sp³-hybridized carbons (Fsp3) is 0.560. The van der Waals surface area contributed by atoms with Crippen LogP contribution in [0.25, 0.3) is 5.57 Å². The number of hydrogen-bond donors (Lipinski definition) is 2. The Balaban J connectivity index is 1.34. The molecule has 162 valence electrons. The van der Waals surface area contributed by atoms with Gasteiger partial charge in [-0.3, -0.25) is 0 Å². The Bertz CT molecular complexity index is 1080. The number of fused-ring (bicyclic) bond motifs is 7. The molecule has 0 saturated heterocycles. The molecule has 0 amide bonds. The van der Waals surface area contributed by atoms with Crippen molar-refractivity contribution in [3.8, 4) is 0 Å². The van der Waals surface area contributed by atoms with Crippen LogP contribution in [0.5, 0.6) is 0 Å². The molecule has 4 aliphatic rings. The van der Waals surface area contributed by atoms with Crippen LogP contribution in [0.15, 0.2) is 35.6 Å². The fourth-order valence-electron chi connectivity index (χ4n) is 7.43. The molecule has 6 heteroatoms. The number of allylic oxidation sites excluding steroid dienone is 2. The molecule has 2 N–H and O–H groups in total. The average Bonchev–Trinajstić information content (AvgIpc) is 3.33. The molecule has 2 fully saturated rings. The summed E-state index contributed by atoms with van der Waals surface area (Å²) in [5.41, 5.74) is 4.17. The largest absolute Gasteiger partial charge is 0.411 e. The second-order valence-electron chi connectivity index (χ2n) is 10.3. The molecule has 6 rings (SSSR count). The zero-order valence-corrected chi connectivity index (χ0v) is 19.1. The first-order valence-electron chi connectivity index (χ1n) is 11.6. The molecule has 0 aromatic carbocycles. The van der Waals surface area contributed by atoms with Crippen molar-refractivity contribution in [3.63, 3.8) is 0 Å². The minimum atomic E-state index is 0.0989. The Morgan fingerprint density at radius 1 is 1.13 bits per heavy atom. The van der Waals surface area contributed by atoms with Gasteiger partial charge >= 0.3 is 0 Å². The first kappa shape index (κ1) is 19.5. The molecule has 31 heavy (non-hydrogen) atoms. The summed E-state index contributed by atoms with van der Waals surface area (Å²) in [4.78, 5) is 10.7. The molecular weight excluding hydrogens is 404 g/mol. The molecular formula is C25H30N4OS. The molecule has 0 spiro atoms. The lowest BCUT2D eigenvalue weighted by Crippen LogP contribution is -2.49. The van der Waals surface area contributed by atoms with Gasteiger partial charge in [0.05, 0.1) is 16.3 Å². The Morgan fingerprint density at radius 3 is 2.81 bits per heavy atom. The van der Waals surface area contributed by atoms with Crippen LogP contribution in [0.4, 0.5) is 10.9 Å². The highest BCUT2D eigenvalue weighted by molar-refractivity contribution is 7.16. The zero-order valence-electron chi connectivity index (χ0n) is 18.3. The van der Waals surface area contributed by atoms with Gasteiger partial charge in [0.25, 0.3) is 0 Å². The molecule has 5 atom stereocenters. The molecule has 2 heterocycles. The van der Waals surface area contributed by atoms with Crippen molar-refractivity contribution in [2.75, 3.05) is 5.32 Å². The number of oxime groups is 1. The molecule has 2 aromatic heterocycles. The summed E-state index contributed by atoms with van der Waals surface area (Å²) in [6.07, 6.45) is 12.3. The molecule has 0 unspecified atom stereocenters. The number of pyridine rings is 1. The number of nitrogens with zero attached hydrogens (tertiary/aromatic N) is 3.